The normalized spacial score (nSPS) is 14.5. The maximum Gasteiger partial charge on any atom is 0.253 e. The van der Waals surface area contributed by atoms with Crippen molar-refractivity contribution in [3.8, 4) is 0 Å². The van der Waals surface area contributed by atoms with Crippen LogP contribution in [0.3, 0.4) is 0 Å². The minimum absolute atomic E-state index is 0.0818. The van der Waals surface area contributed by atoms with Gasteiger partial charge in [0.15, 0.2) is 0 Å². The number of nitrogens with zero attached hydrogens (tertiary/aromatic N) is 3. The zero-order valence-electron chi connectivity index (χ0n) is 12.8. The molecule has 2 heterocycles. The van der Waals surface area contributed by atoms with Crippen LogP contribution in [-0.2, 0) is 0 Å². The van der Waals surface area contributed by atoms with Crippen molar-refractivity contribution in [2.45, 2.75) is 10.9 Å². The van der Waals surface area contributed by atoms with Crippen molar-refractivity contribution in [3.05, 3.63) is 54.2 Å². The highest BCUT2D eigenvalue weighted by Gasteiger charge is 2.33. The lowest BCUT2D eigenvalue weighted by molar-refractivity contribution is 0.0705. The molecule has 0 bridgehead atoms. The fourth-order valence-electron chi connectivity index (χ4n) is 2.53. The standard InChI is InChI=1S/C17H19N3OS/c1-19(17(21)13-6-8-15(22-2)9-7-13)14-11-20(12-14)16-5-3-4-10-18-16/h3-10,14H,11-12H2,1-2H3. The van der Waals surface area contributed by atoms with Crippen molar-refractivity contribution in [3.63, 3.8) is 0 Å². The first kappa shape index (κ1) is 14.9. The molecule has 1 aliphatic rings. The van der Waals surface area contributed by atoms with Crippen molar-refractivity contribution in [2.75, 3.05) is 31.3 Å². The largest absolute Gasteiger partial charge is 0.352 e. The molecular weight excluding hydrogens is 294 g/mol. The van der Waals surface area contributed by atoms with Gasteiger partial charge in [-0.05, 0) is 42.7 Å². The number of carbonyl (C=O) groups is 1. The number of anilines is 1. The number of aromatic nitrogens is 1. The minimum Gasteiger partial charge on any atom is -0.352 e. The summed E-state index contributed by atoms with van der Waals surface area (Å²) in [6, 6.07) is 13.9. The molecule has 114 valence electrons. The second-order valence-corrected chi connectivity index (χ2v) is 6.27. The van der Waals surface area contributed by atoms with E-state index in [1.165, 1.54) is 4.90 Å². The molecule has 1 amide bonds. The van der Waals surface area contributed by atoms with Crippen LogP contribution in [0.4, 0.5) is 5.82 Å². The van der Waals surface area contributed by atoms with Crippen LogP contribution in [0, 0.1) is 0 Å². The molecule has 2 aromatic rings. The zero-order chi connectivity index (χ0) is 15.5. The Bertz CT molecular complexity index is 639. The number of carbonyl (C=O) groups excluding carboxylic acids is 1. The van der Waals surface area contributed by atoms with Crippen LogP contribution >= 0.6 is 11.8 Å². The topological polar surface area (TPSA) is 36.4 Å². The SMILES string of the molecule is CSc1ccc(C(=O)N(C)C2CN(c3ccccn3)C2)cc1. The first-order valence-corrected chi connectivity index (χ1v) is 8.48. The molecule has 1 saturated heterocycles. The molecular formula is C17H19N3OS. The van der Waals surface area contributed by atoms with Gasteiger partial charge < -0.3 is 9.80 Å². The fourth-order valence-corrected chi connectivity index (χ4v) is 2.94. The number of hydrogen-bond donors (Lipinski definition) is 0. The number of rotatable bonds is 4. The smallest absolute Gasteiger partial charge is 0.253 e. The van der Waals surface area contributed by atoms with E-state index in [0.717, 1.165) is 24.5 Å². The summed E-state index contributed by atoms with van der Waals surface area (Å²) in [6.45, 7) is 1.67. The summed E-state index contributed by atoms with van der Waals surface area (Å²) in [5, 5.41) is 0. The Labute approximate surface area is 135 Å². The monoisotopic (exact) mass is 313 g/mol. The van der Waals surface area contributed by atoms with Gasteiger partial charge in [-0.3, -0.25) is 4.79 Å². The maximum atomic E-state index is 12.5. The fraction of sp³-hybridized carbons (Fsp3) is 0.294. The molecule has 1 aromatic carbocycles. The summed E-state index contributed by atoms with van der Waals surface area (Å²) < 4.78 is 0. The van der Waals surface area contributed by atoms with E-state index in [-0.39, 0.29) is 11.9 Å². The third-order valence-electron chi connectivity index (χ3n) is 4.04. The van der Waals surface area contributed by atoms with Gasteiger partial charge in [-0.15, -0.1) is 11.8 Å². The van der Waals surface area contributed by atoms with E-state index < -0.39 is 0 Å². The summed E-state index contributed by atoms with van der Waals surface area (Å²) in [5.41, 5.74) is 0.747. The number of benzene rings is 1. The van der Waals surface area contributed by atoms with Crippen molar-refractivity contribution in [2.24, 2.45) is 0 Å². The van der Waals surface area contributed by atoms with Crippen LogP contribution in [0.1, 0.15) is 10.4 Å². The Kier molecular flexibility index (Phi) is 4.34. The predicted molar refractivity (Wildman–Crippen MR) is 90.6 cm³/mol. The summed E-state index contributed by atoms with van der Waals surface area (Å²) in [4.78, 5) is 22.0. The van der Waals surface area contributed by atoms with Gasteiger partial charge in [0.1, 0.15) is 5.82 Å². The summed E-state index contributed by atoms with van der Waals surface area (Å²) in [5.74, 6) is 1.06. The highest BCUT2D eigenvalue weighted by molar-refractivity contribution is 7.98. The van der Waals surface area contributed by atoms with E-state index in [4.69, 9.17) is 0 Å². The second kappa shape index (κ2) is 6.40. The Hall–Kier alpha value is -2.01. The van der Waals surface area contributed by atoms with Crippen molar-refractivity contribution in [1.29, 1.82) is 0 Å². The van der Waals surface area contributed by atoms with E-state index in [0.29, 0.717) is 0 Å². The molecule has 1 aromatic heterocycles. The number of pyridine rings is 1. The number of amides is 1. The van der Waals surface area contributed by atoms with Crippen molar-refractivity contribution in [1.82, 2.24) is 9.88 Å². The average Bonchev–Trinajstić information content (AvgIpc) is 2.54. The molecule has 1 aliphatic heterocycles. The highest BCUT2D eigenvalue weighted by atomic mass is 32.2. The van der Waals surface area contributed by atoms with Gasteiger partial charge in [0.2, 0.25) is 0 Å². The summed E-state index contributed by atoms with van der Waals surface area (Å²) in [6.07, 6.45) is 3.83. The lowest BCUT2D eigenvalue weighted by atomic mass is 10.1. The van der Waals surface area contributed by atoms with E-state index in [1.807, 2.05) is 60.7 Å². The summed E-state index contributed by atoms with van der Waals surface area (Å²) >= 11 is 1.68. The lowest BCUT2D eigenvalue weighted by Gasteiger charge is -2.44. The van der Waals surface area contributed by atoms with E-state index in [1.54, 1.807) is 18.0 Å². The third kappa shape index (κ3) is 2.95. The first-order chi connectivity index (χ1) is 10.7. The molecule has 3 rings (SSSR count). The number of thioether (sulfide) groups is 1. The Morgan fingerprint density at radius 3 is 2.55 bits per heavy atom. The van der Waals surface area contributed by atoms with Gasteiger partial charge in [-0.2, -0.15) is 0 Å². The van der Waals surface area contributed by atoms with Gasteiger partial charge in [0.05, 0.1) is 6.04 Å². The molecule has 0 unspecified atom stereocenters. The second-order valence-electron chi connectivity index (χ2n) is 5.39. The quantitative estimate of drug-likeness (QED) is 0.813. The Morgan fingerprint density at radius 2 is 1.95 bits per heavy atom. The maximum absolute atomic E-state index is 12.5. The van der Waals surface area contributed by atoms with Gasteiger partial charge in [0.25, 0.3) is 5.91 Å². The summed E-state index contributed by atoms with van der Waals surface area (Å²) in [7, 11) is 1.88. The molecule has 22 heavy (non-hydrogen) atoms. The molecule has 5 heteroatoms. The molecule has 4 nitrogen and oxygen atoms in total. The van der Waals surface area contributed by atoms with E-state index >= 15 is 0 Å². The van der Waals surface area contributed by atoms with Crippen LogP contribution in [0.5, 0.6) is 0 Å². The molecule has 0 atom stereocenters. The Balaban J connectivity index is 1.60. The van der Waals surface area contributed by atoms with Gasteiger partial charge >= 0.3 is 0 Å². The third-order valence-corrected chi connectivity index (χ3v) is 4.78. The number of likely N-dealkylation sites (N-methyl/N-ethyl adjacent to an activating group) is 1. The van der Waals surface area contributed by atoms with E-state index in [2.05, 4.69) is 9.88 Å². The van der Waals surface area contributed by atoms with Crippen molar-refractivity contribution >= 4 is 23.5 Å². The molecule has 0 N–H and O–H groups in total. The van der Waals surface area contributed by atoms with Crippen LogP contribution in [-0.4, -0.2) is 48.2 Å². The van der Waals surface area contributed by atoms with Crippen molar-refractivity contribution < 1.29 is 4.79 Å². The van der Waals surface area contributed by atoms with E-state index in [9.17, 15) is 4.79 Å². The molecule has 0 saturated carbocycles. The Morgan fingerprint density at radius 1 is 1.23 bits per heavy atom. The average molecular weight is 313 g/mol. The van der Waals surface area contributed by atoms with Gasteiger partial charge in [-0.25, -0.2) is 4.98 Å². The lowest BCUT2D eigenvalue weighted by Crippen LogP contribution is -2.60. The van der Waals surface area contributed by atoms with Crippen LogP contribution in [0.25, 0.3) is 0 Å². The molecule has 0 radical (unpaired) electrons. The van der Waals surface area contributed by atoms with Gasteiger partial charge in [-0.1, -0.05) is 6.07 Å². The highest BCUT2D eigenvalue weighted by Crippen LogP contribution is 2.22. The van der Waals surface area contributed by atoms with Crippen LogP contribution in [0.15, 0.2) is 53.6 Å². The molecule has 0 spiro atoms. The van der Waals surface area contributed by atoms with Gasteiger partial charge in [0, 0.05) is 36.8 Å². The molecule has 0 aliphatic carbocycles. The molecule has 1 fully saturated rings. The predicted octanol–water partition coefficient (Wildman–Crippen LogP) is 2.76. The minimum atomic E-state index is 0.0818. The van der Waals surface area contributed by atoms with Crippen LogP contribution in [0.2, 0.25) is 0 Å². The number of hydrogen-bond acceptors (Lipinski definition) is 4. The zero-order valence-corrected chi connectivity index (χ0v) is 13.6. The first-order valence-electron chi connectivity index (χ1n) is 7.26. The van der Waals surface area contributed by atoms with Crippen LogP contribution < -0.4 is 4.90 Å².